The average Bonchev–Trinajstić information content (AvgIpc) is 2.98. The van der Waals surface area contributed by atoms with Crippen LogP contribution in [0.3, 0.4) is 0 Å². The lowest BCUT2D eigenvalue weighted by molar-refractivity contribution is 0.0468. The van der Waals surface area contributed by atoms with Gasteiger partial charge in [0.15, 0.2) is 5.96 Å². The third-order valence-electron chi connectivity index (χ3n) is 4.80. The van der Waals surface area contributed by atoms with E-state index < -0.39 is 6.10 Å². The molecule has 0 radical (unpaired) electrons. The minimum atomic E-state index is -0.669. The Kier molecular flexibility index (Phi) is 13.3. The zero-order valence-electron chi connectivity index (χ0n) is 17.2. The first-order chi connectivity index (χ1) is 13.2. The van der Waals surface area contributed by atoms with Crippen LogP contribution in [-0.2, 0) is 4.74 Å². The van der Waals surface area contributed by atoms with Gasteiger partial charge in [-0.25, -0.2) is 0 Å². The fourth-order valence-electron chi connectivity index (χ4n) is 3.28. The summed E-state index contributed by atoms with van der Waals surface area (Å²) in [6.07, 6.45) is 7.34. The number of nitrogens with zero attached hydrogens (tertiary/aromatic N) is 1. The van der Waals surface area contributed by atoms with E-state index in [9.17, 15) is 5.11 Å². The van der Waals surface area contributed by atoms with Crippen molar-refractivity contribution < 1.29 is 14.6 Å². The predicted molar refractivity (Wildman–Crippen MR) is 125 cm³/mol. The zero-order valence-corrected chi connectivity index (χ0v) is 19.5. The Morgan fingerprint density at radius 1 is 1.21 bits per heavy atom. The van der Waals surface area contributed by atoms with Crippen LogP contribution in [-0.4, -0.2) is 50.5 Å². The molecule has 0 aliphatic heterocycles. The Morgan fingerprint density at radius 3 is 2.64 bits per heavy atom. The van der Waals surface area contributed by atoms with Gasteiger partial charge in [0, 0.05) is 13.1 Å². The maximum absolute atomic E-state index is 10.4. The molecule has 1 saturated carbocycles. The Bertz CT molecular complexity index is 564. The van der Waals surface area contributed by atoms with Crippen molar-refractivity contribution in [3.63, 3.8) is 0 Å². The number of ether oxygens (including phenoxy) is 2. The monoisotopic (exact) mass is 505 g/mol. The molecular weight excluding hydrogens is 469 g/mol. The second-order valence-corrected chi connectivity index (χ2v) is 6.92. The van der Waals surface area contributed by atoms with E-state index >= 15 is 0 Å². The van der Waals surface area contributed by atoms with Gasteiger partial charge in [-0.3, -0.25) is 4.99 Å². The second-order valence-electron chi connectivity index (χ2n) is 6.92. The minimum Gasteiger partial charge on any atom is -0.497 e. The van der Waals surface area contributed by atoms with Crippen LogP contribution in [0, 0.1) is 0 Å². The lowest BCUT2D eigenvalue weighted by atomic mass is 10.1. The van der Waals surface area contributed by atoms with Gasteiger partial charge in [-0.1, -0.05) is 37.8 Å². The fraction of sp³-hybridized carbons (Fsp3) is 0.667. The highest BCUT2D eigenvalue weighted by Crippen LogP contribution is 2.20. The van der Waals surface area contributed by atoms with Crippen molar-refractivity contribution in [1.82, 2.24) is 10.6 Å². The molecule has 3 N–H and O–H groups in total. The summed E-state index contributed by atoms with van der Waals surface area (Å²) in [7, 11) is 1.62. The number of nitrogens with one attached hydrogen (secondary N) is 2. The van der Waals surface area contributed by atoms with Crippen LogP contribution in [0.4, 0.5) is 0 Å². The third-order valence-corrected chi connectivity index (χ3v) is 4.80. The summed E-state index contributed by atoms with van der Waals surface area (Å²) in [5.41, 5.74) is 0.797. The van der Waals surface area contributed by atoms with Gasteiger partial charge in [0.05, 0.1) is 32.5 Å². The molecule has 1 aromatic carbocycles. The first-order valence-corrected chi connectivity index (χ1v) is 10.2. The van der Waals surface area contributed by atoms with Crippen LogP contribution >= 0.6 is 24.0 Å². The molecule has 2 rings (SSSR count). The first kappa shape index (κ1) is 25.0. The topological polar surface area (TPSA) is 75.1 Å². The molecule has 1 atom stereocenters. The average molecular weight is 505 g/mol. The van der Waals surface area contributed by atoms with E-state index in [0.29, 0.717) is 25.2 Å². The van der Waals surface area contributed by atoms with Crippen molar-refractivity contribution in [2.24, 2.45) is 4.99 Å². The number of aliphatic hydroxyl groups is 1. The number of methoxy groups -OCH3 is 1. The van der Waals surface area contributed by atoms with Crippen LogP contribution in [0.25, 0.3) is 0 Å². The highest BCUT2D eigenvalue weighted by Gasteiger charge is 2.12. The van der Waals surface area contributed by atoms with E-state index in [4.69, 9.17) is 9.47 Å². The van der Waals surface area contributed by atoms with Crippen LogP contribution in [0.5, 0.6) is 5.75 Å². The molecule has 0 heterocycles. The van der Waals surface area contributed by atoms with Crippen molar-refractivity contribution in [2.75, 3.05) is 33.4 Å². The predicted octanol–water partition coefficient (Wildman–Crippen LogP) is 3.64. The van der Waals surface area contributed by atoms with Gasteiger partial charge < -0.3 is 25.2 Å². The molecule has 1 aliphatic carbocycles. The van der Waals surface area contributed by atoms with Crippen molar-refractivity contribution in [1.29, 1.82) is 0 Å². The molecule has 160 valence electrons. The highest BCUT2D eigenvalue weighted by molar-refractivity contribution is 14.0. The van der Waals surface area contributed by atoms with E-state index in [1.54, 1.807) is 7.11 Å². The van der Waals surface area contributed by atoms with Gasteiger partial charge in [0.2, 0.25) is 0 Å². The van der Waals surface area contributed by atoms with E-state index in [1.165, 1.54) is 38.5 Å². The van der Waals surface area contributed by atoms with Crippen molar-refractivity contribution in [3.05, 3.63) is 29.8 Å². The Balaban J connectivity index is 0.00000392. The van der Waals surface area contributed by atoms with Gasteiger partial charge >= 0.3 is 0 Å². The lowest BCUT2D eigenvalue weighted by Gasteiger charge is -2.17. The van der Waals surface area contributed by atoms with E-state index in [1.807, 2.05) is 31.2 Å². The third kappa shape index (κ3) is 9.43. The maximum atomic E-state index is 10.4. The standard InChI is InChI=1S/C21H35N3O3.HI/c1-3-22-21(23-13-14-27-18-10-6-4-5-7-11-18)24-16-20(25)17-9-8-12-19(15-17)26-2;/h8-9,12,15,18,20,25H,3-7,10-11,13-14,16H2,1-2H3,(H2,22,23,24);1H. The molecular formula is C21H36IN3O3. The molecule has 6 nitrogen and oxygen atoms in total. The molecule has 0 aromatic heterocycles. The molecule has 0 spiro atoms. The number of hydrogen-bond acceptors (Lipinski definition) is 4. The number of halogens is 1. The second kappa shape index (κ2) is 14.9. The molecule has 1 aliphatic rings. The number of rotatable bonds is 9. The van der Waals surface area contributed by atoms with E-state index in [-0.39, 0.29) is 30.5 Å². The molecule has 0 amide bonds. The number of aliphatic hydroxyl groups excluding tert-OH is 1. The number of benzene rings is 1. The van der Waals surface area contributed by atoms with Gasteiger partial charge in [-0.05, 0) is 37.5 Å². The molecule has 1 fully saturated rings. The van der Waals surface area contributed by atoms with Crippen LogP contribution in [0.2, 0.25) is 0 Å². The Morgan fingerprint density at radius 2 is 1.96 bits per heavy atom. The van der Waals surface area contributed by atoms with Crippen LogP contribution in [0.15, 0.2) is 29.3 Å². The van der Waals surface area contributed by atoms with Crippen molar-refractivity contribution >= 4 is 29.9 Å². The number of aliphatic imine (C=N–C) groups is 1. The van der Waals surface area contributed by atoms with Gasteiger partial charge in [-0.15, -0.1) is 24.0 Å². The largest absolute Gasteiger partial charge is 0.497 e. The maximum Gasteiger partial charge on any atom is 0.191 e. The molecule has 0 bridgehead atoms. The molecule has 28 heavy (non-hydrogen) atoms. The number of guanidine groups is 1. The summed E-state index contributed by atoms with van der Waals surface area (Å²) in [4.78, 5) is 4.49. The molecule has 0 saturated heterocycles. The summed E-state index contributed by atoms with van der Waals surface area (Å²) in [5, 5.41) is 16.9. The summed E-state index contributed by atoms with van der Waals surface area (Å²) >= 11 is 0. The smallest absolute Gasteiger partial charge is 0.191 e. The summed E-state index contributed by atoms with van der Waals surface area (Å²) in [5.74, 6) is 1.43. The van der Waals surface area contributed by atoms with Crippen molar-refractivity contribution in [2.45, 2.75) is 57.7 Å². The zero-order chi connectivity index (χ0) is 19.3. The normalized spacial score (nSPS) is 16.6. The van der Waals surface area contributed by atoms with Crippen LogP contribution < -0.4 is 15.4 Å². The van der Waals surface area contributed by atoms with Gasteiger partial charge in [-0.2, -0.15) is 0 Å². The minimum absolute atomic E-state index is 0. The number of hydrogen-bond donors (Lipinski definition) is 3. The van der Waals surface area contributed by atoms with Crippen molar-refractivity contribution in [3.8, 4) is 5.75 Å². The van der Waals surface area contributed by atoms with Gasteiger partial charge in [0.1, 0.15) is 5.75 Å². The summed E-state index contributed by atoms with van der Waals surface area (Å²) in [6, 6.07) is 7.44. The first-order valence-electron chi connectivity index (χ1n) is 10.2. The summed E-state index contributed by atoms with van der Waals surface area (Å²) < 4.78 is 11.2. The Labute approximate surface area is 186 Å². The van der Waals surface area contributed by atoms with E-state index in [2.05, 4.69) is 15.6 Å². The SMILES string of the molecule is CCNC(=NCC(O)c1cccc(OC)c1)NCCOC1CCCCCC1.I. The Hall–Kier alpha value is -1.06. The highest BCUT2D eigenvalue weighted by atomic mass is 127. The fourth-order valence-corrected chi connectivity index (χ4v) is 3.28. The van der Waals surface area contributed by atoms with Crippen LogP contribution in [0.1, 0.15) is 57.1 Å². The van der Waals surface area contributed by atoms with Gasteiger partial charge in [0.25, 0.3) is 0 Å². The molecule has 1 aromatic rings. The molecule has 7 heteroatoms. The van der Waals surface area contributed by atoms with E-state index in [0.717, 1.165) is 17.9 Å². The summed E-state index contributed by atoms with van der Waals surface area (Å²) in [6.45, 7) is 4.46. The quantitative estimate of drug-likeness (QED) is 0.157. The molecule has 1 unspecified atom stereocenters. The lowest BCUT2D eigenvalue weighted by Crippen LogP contribution is -2.39.